The van der Waals surface area contributed by atoms with Crippen LogP contribution in [0.4, 0.5) is 0 Å². The Labute approximate surface area is 100 Å². The van der Waals surface area contributed by atoms with Crippen LogP contribution in [0.3, 0.4) is 0 Å². The summed E-state index contributed by atoms with van der Waals surface area (Å²) in [6.45, 7) is 6.63. The topological polar surface area (TPSA) is 83.8 Å². The second-order valence-electron chi connectivity index (χ2n) is 3.53. The molecule has 0 saturated carbocycles. The number of hydrogen-bond donors (Lipinski definition) is 2. The van der Waals surface area contributed by atoms with Crippen LogP contribution in [-0.2, 0) is 14.3 Å². The largest absolute Gasteiger partial charge is 0.396 e. The fraction of sp³-hybridized carbons (Fsp3) is 0.500. The van der Waals surface area contributed by atoms with E-state index in [1.807, 2.05) is 0 Å². The molecule has 0 aromatic carbocycles. The van der Waals surface area contributed by atoms with Crippen LogP contribution in [0, 0.1) is 0 Å². The van der Waals surface area contributed by atoms with Gasteiger partial charge in [0.1, 0.15) is 0 Å². The second-order valence-corrected chi connectivity index (χ2v) is 3.53. The van der Waals surface area contributed by atoms with Crippen molar-refractivity contribution < 1.29 is 24.5 Å². The third-order valence-electron chi connectivity index (χ3n) is 2.16. The van der Waals surface area contributed by atoms with E-state index < -0.39 is 18.0 Å². The Balaban J connectivity index is 3.98. The van der Waals surface area contributed by atoms with Crippen LogP contribution in [0.1, 0.15) is 25.7 Å². The van der Waals surface area contributed by atoms with E-state index in [0.717, 1.165) is 12.5 Å². The van der Waals surface area contributed by atoms with Crippen LogP contribution in [0.5, 0.6) is 0 Å². The minimum absolute atomic E-state index is 0.104. The molecule has 0 aliphatic carbocycles. The van der Waals surface area contributed by atoms with Crippen molar-refractivity contribution in [2.75, 3.05) is 6.61 Å². The minimum Gasteiger partial charge on any atom is -0.396 e. The average Bonchev–Trinajstić information content (AvgIpc) is 2.33. The van der Waals surface area contributed by atoms with Crippen LogP contribution >= 0.6 is 0 Å². The zero-order valence-corrected chi connectivity index (χ0v) is 9.72. The summed E-state index contributed by atoms with van der Waals surface area (Å²) in [7, 11) is 0. The van der Waals surface area contributed by atoms with Gasteiger partial charge in [-0.25, -0.2) is 9.59 Å². The van der Waals surface area contributed by atoms with Crippen molar-refractivity contribution in [3.63, 3.8) is 0 Å². The molecule has 17 heavy (non-hydrogen) atoms. The van der Waals surface area contributed by atoms with Gasteiger partial charge < -0.3 is 14.9 Å². The fourth-order valence-corrected chi connectivity index (χ4v) is 1.14. The molecule has 1 unspecified atom stereocenters. The molecule has 96 valence electrons. The first-order valence-corrected chi connectivity index (χ1v) is 5.39. The fourth-order valence-electron chi connectivity index (χ4n) is 1.14. The molecule has 0 heterocycles. The predicted molar refractivity (Wildman–Crippen MR) is 62.0 cm³/mol. The summed E-state index contributed by atoms with van der Waals surface area (Å²) < 4.78 is 4.31. The molecule has 0 aromatic heterocycles. The molecule has 0 bridgehead atoms. The van der Waals surface area contributed by atoms with Crippen molar-refractivity contribution in [2.45, 2.75) is 31.8 Å². The molecular formula is C12H18O5. The zero-order valence-electron chi connectivity index (χ0n) is 9.72. The van der Waals surface area contributed by atoms with Gasteiger partial charge in [0.25, 0.3) is 0 Å². The second kappa shape index (κ2) is 8.66. The Morgan fingerprint density at radius 3 is 2.47 bits per heavy atom. The Hall–Kier alpha value is -1.46. The maximum Gasteiger partial charge on any atom is 0.343 e. The van der Waals surface area contributed by atoms with E-state index in [1.165, 1.54) is 0 Å². The Morgan fingerprint density at radius 1 is 1.29 bits per heavy atom. The monoisotopic (exact) mass is 242 g/mol. The van der Waals surface area contributed by atoms with E-state index in [1.54, 1.807) is 0 Å². The van der Waals surface area contributed by atoms with E-state index in [4.69, 9.17) is 5.11 Å². The summed E-state index contributed by atoms with van der Waals surface area (Å²) in [5.41, 5.74) is -0.149. The molecule has 0 aliphatic rings. The number of hydrogen-bond acceptors (Lipinski definition) is 5. The van der Waals surface area contributed by atoms with Gasteiger partial charge in [0.2, 0.25) is 0 Å². The normalized spacial score (nSPS) is 11.6. The van der Waals surface area contributed by atoms with Gasteiger partial charge in [-0.3, -0.25) is 0 Å². The van der Waals surface area contributed by atoms with E-state index in [0.29, 0.717) is 19.3 Å². The SMILES string of the molecule is C=CC(=O)OC(=O)C(=C)C(O)CCCCCO. The van der Waals surface area contributed by atoms with Gasteiger partial charge in [-0.15, -0.1) is 0 Å². The molecule has 0 spiro atoms. The van der Waals surface area contributed by atoms with Gasteiger partial charge >= 0.3 is 11.9 Å². The standard InChI is InChI=1S/C12H18O5/c1-3-11(15)17-12(16)9(2)10(14)7-5-4-6-8-13/h3,10,13-14H,1-2,4-8H2. The van der Waals surface area contributed by atoms with Crippen LogP contribution in [0.25, 0.3) is 0 Å². The highest BCUT2D eigenvalue weighted by molar-refractivity contribution is 5.99. The summed E-state index contributed by atoms with van der Waals surface area (Å²) in [6, 6.07) is 0. The molecule has 0 rings (SSSR count). The van der Waals surface area contributed by atoms with Crippen LogP contribution < -0.4 is 0 Å². The third-order valence-corrected chi connectivity index (χ3v) is 2.16. The van der Waals surface area contributed by atoms with E-state index in [-0.39, 0.29) is 12.2 Å². The number of esters is 2. The van der Waals surface area contributed by atoms with Gasteiger partial charge in [-0.05, 0) is 12.8 Å². The number of aliphatic hydroxyl groups is 2. The summed E-state index contributed by atoms with van der Waals surface area (Å²) in [5, 5.41) is 18.1. The third kappa shape index (κ3) is 6.65. The molecule has 0 amide bonds. The first-order valence-electron chi connectivity index (χ1n) is 5.39. The van der Waals surface area contributed by atoms with Crippen molar-refractivity contribution >= 4 is 11.9 Å². The Bertz CT molecular complexity index is 295. The lowest BCUT2D eigenvalue weighted by Crippen LogP contribution is -2.21. The quantitative estimate of drug-likeness (QED) is 0.283. The van der Waals surface area contributed by atoms with Crippen LogP contribution in [0.2, 0.25) is 0 Å². The molecular weight excluding hydrogens is 224 g/mol. The smallest absolute Gasteiger partial charge is 0.343 e. The van der Waals surface area contributed by atoms with E-state index >= 15 is 0 Å². The van der Waals surface area contributed by atoms with Crippen molar-refractivity contribution in [3.8, 4) is 0 Å². The molecule has 0 aliphatic heterocycles. The lowest BCUT2D eigenvalue weighted by molar-refractivity contribution is -0.153. The first kappa shape index (κ1) is 15.5. The highest BCUT2D eigenvalue weighted by Crippen LogP contribution is 2.11. The highest BCUT2D eigenvalue weighted by atomic mass is 16.6. The maximum absolute atomic E-state index is 11.3. The number of unbranched alkanes of at least 4 members (excludes halogenated alkanes) is 2. The zero-order chi connectivity index (χ0) is 13.3. The minimum atomic E-state index is -1.03. The van der Waals surface area contributed by atoms with Crippen molar-refractivity contribution in [3.05, 3.63) is 24.8 Å². The molecule has 0 aromatic rings. The predicted octanol–water partition coefficient (Wildman–Crippen LogP) is 0.712. The average molecular weight is 242 g/mol. The number of rotatable bonds is 8. The van der Waals surface area contributed by atoms with Gasteiger partial charge in [0.15, 0.2) is 0 Å². The van der Waals surface area contributed by atoms with Crippen molar-refractivity contribution in [2.24, 2.45) is 0 Å². The van der Waals surface area contributed by atoms with Gasteiger partial charge in [0, 0.05) is 12.7 Å². The Kier molecular flexibility index (Phi) is 7.92. The molecule has 2 N–H and O–H groups in total. The summed E-state index contributed by atoms with van der Waals surface area (Å²) in [5.74, 6) is -1.81. The van der Waals surface area contributed by atoms with Crippen molar-refractivity contribution in [1.82, 2.24) is 0 Å². The number of aliphatic hydroxyl groups excluding tert-OH is 2. The van der Waals surface area contributed by atoms with Crippen molar-refractivity contribution in [1.29, 1.82) is 0 Å². The summed E-state index contributed by atoms with van der Waals surface area (Å²) in [4.78, 5) is 22.0. The molecule has 0 fully saturated rings. The molecule has 0 saturated heterocycles. The van der Waals surface area contributed by atoms with Gasteiger partial charge in [-0.2, -0.15) is 0 Å². The van der Waals surface area contributed by atoms with E-state index in [2.05, 4.69) is 17.9 Å². The van der Waals surface area contributed by atoms with Crippen LogP contribution in [-0.4, -0.2) is 34.9 Å². The number of carbonyl (C=O) groups is 2. The highest BCUT2D eigenvalue weighted by Gasteiger charge is 2.19. The lowest BCUT2D eigenvalue weighted by atomic mass is 10.0. The number of ether oxygens (including phenoxy) is 1. The maximum atomic E-state index is 11.3. The Morgan fingerprint density at radius 2 is 1.94 bits per heavy atom. The first-order chi connectivity index (χ1) is 8.02. The molecule has 5 nitrogen and oxygen atoms in total. The van der Waals surface area contributed by atoms with E-state index in [9.17, 15) is 14.7 Å². The van der Waals surface area contributed by atoms with Gasteiger partial charge in [0.05, 0.1) is 11.7 Å². The van der Waals surface area contributed by atoms with Gasteiger partial charge in [-0.1, -0.05) is 26.0 Å². The molecule has 0 radical (unpaired) electrons. The lowest BCUT2D eigenvalue weighted by Gasteiger charge is -2.11. The number of carbonyl (C=O) groups excluding carboxylic acids is 2. The van der Waals surface area contributed by atoms with Crippen LogP contribution in [0.15, 0.2) is 24.8 Å². The summed E-state index contributed by atoms with van der Waals surface area (Å²) >= 11 is 0. The molecule has 5 heteroatoms. The molecule has 1 atom stereocenters. The summed E-state index contributed by atoms with van der Waals surface area (Å²) in [6.07, 6.45) is 2.23.